The van der Waals surface area contributed by atoms with E-state index in [1.54, 1.807) is 0 Å². The first kappa shape index (κ1) is 16.0. The highest BCUT2D eigenvalue weighted by Crippen LogP contribution is 2.55. The molecule has 0 rings (SSSR count). The zero-order valence-corrected chi connectivity index (χ0v) is 12.3. The number of methoxy groups -OCH3 is 1. The molecule has 0 bridgehead atoms. The van der Waals surface area contributed by atoms with Crippen molar-refractivity contribution in [2.75, 3.05) is 7.11 Å². The third kappa shape index (κ3) is 2.18. The maximum atomic E-state index is 12.2. The topological polar surface area (TPSA) is 50.1 Å². The van der Waals surface area contributed by atoms with Gasteiger partial charge in [-0.25, -0.2) is 0 Å². The van der Waals surface area contributed by atoms with Gasteiger partial charge in [0, 0.05) is 0 Å². The van der Waals surface area contributed by atoms with Crippen LogP contribution in [0.1, 0.15) is 48.5 Å². The molecule has 1 unspecified atom stereocenters. The molecule has 17 heavy (non-hydrogen) atoms. The Morgan fingerprint density at radius 1 is 1.18 bits per heavy atom. The van der Waals surface area contributed by atoms with E-state index in [2.05, 4.69) is 6.07 Å². The third-order valence-electron chi connectivity index (χ3n) is 4.90. The highest BCUT2D eigenvalue weighted by atomic mass is 16.5. The smallest absolute Gasteiger partial charge is 0.312 e. The van der Waals surface area contributed by atoms with E-state index in [0.29, 0.717) is 0 Å². The van der Waals surface area contributed by atoms with Crippen LogP contribution in [-0.4, -0.2) is 13.1 Å². The molecule has 3 nitrogen and oxygen atoms in total. The number of esters is 1. The molecule has 0 saturated heterocycles. The van der Waals surface area contributed by atoms with Crippen molar-refractivity contribution in [2.45, 2.75) is 48.5 Å². The lowest BCUT2D eigenvalue weighted by Gasteiger charge is -2.50. The summed E-state index contributed by atoms with van der Waals surface area (Å²) in [6, 6.07) is 2.31. The SMILES string of the molecule is COC(=O)C(C)(C(C)C)C(C)(C)C(C)(C)C#N. The van der Waals surface area contributed by atoms with Crippen molar-refractivity contribution in [3.63, 3.8) is 0 Å². The molecule has 0 fully saturated rings. The molecule has 0 aromatic heterocycles. The average molecular weight is 239 g/mol. The molecule has 0 spiro atoms. The van der Waals surface area contributed by atoms with Gasteiger partial charge in [-0.1, -0.05) is 27.7 Å². The zero-order chi connectivity index (χ0) is 14.1. The Bertz CT molecular complexity index is 337. The van der Waals surface area contributed by atoms with E-state index >= 15 is 0 Å². The summed E-state index contributed by atoms with van der Waals surface area (Å²) in [7, 11) is 1.40. The van der Waals surface area contributed by atoms with E-state index in [0.717, 1.165) is 0 Å². The molecule has 0 aromatic rings. The van der Waals surface area contributed by atoms with Gasteiger partial charge in [-0.15, -0.1) is 0 Å². The van der Waals surface area contributed by atoms with E-state index in [1.165, 1.54) is 7.11 Å². The molecule has 1 atom stereocenters. The number of carbonyl (C=O) groups is 1. The van der Waals surface area contributed by atoms with Crippen LogP contribution in [0.5, 0.6) is 0 Å². The van der Waals surface area contributed by atoms with E-state index in [9.17, 15) is 10.1 Å². The monoisotopic (exact) mass is 239 g/mol. The van der Waals surface area contributed by atoms with Gasteiger partial charge in [0.2, 0.25) is 0 Å². The molecular formula is C14H25NO2. The molecule has 0 heterocycles. The third-order valence-corrected chi connectivity index (χ3v) is 4.90. The number of carbonyl (C=O) groups excluding carboxylic acids is 1. The van der Waals surface area contributed by atoms with Crippen LogP contribution in [0.25, 0.3) is 0 Å². The van der Waals surface area contributed by atoms with Gasteiger partial charge in [0.15, 0.2) is 0 Å². The van der Waals surface area contributed by atoms with Gasteiger partial charge in [0.05, 0.1) is 24.0 Å². The lowest BCUT2D eigenvalue weighted by Crippen LogP contribution is -2.53. The van der Waals surface area contributed by atoms with Crippen LogP contribution in [0.2, 0.25) is 0 Å². The molecular weight excluding hydrogens is 214 g/mol. The van der Waals surface area contributed by atoms with E-state index in [-0.39, 0.29) is 11.9 Å². The number of nitrogens with zero attached hydrogens (tertiary/aromatic N) is 1. The van der Waals surface area contributed by atoms with Crippen molar-refractivity contribution in [2.24, 2.45) is 22.2 Å². The second-order valence-corrected chi connectivity index (χ2v) is 6.21. The minimum Gasteiger partial charge on any atom is -0.469 e. The summed E-state index contributed by atoms with van der Waals surface area (Å²) in [5, 5.41) is 9.33. The van der Waals surface area contributed by atoms with E-state index in [4.69, 9.17) is 4.74 Å². The molecule has 0 saturated carbocycles. The summed E-state index contributed by atoms with van der Waals surface area (Å²) in [6.07, 6.45) is 0. The molecule has 0 radical (unpaired) electrons. The number of rotatable bonds is 4. The van der Waals surface area contributed by atoms with Gasteiger partial charge in [-0.2, -0.15) is 5.26 Å². The second-order valence-electron chi connectivity index (χ2n) is 6.21. The molecule has 0 amide bonds. The zero-order valence-electron chi connectivity index (χ0n) is 12.3. The fourth-order valence-corrected chi connectivity index (χ4v) is 2.21. The lowest BCUT2D eigenvalue weighted by atomic mass is 9.51. The van der Waals surface area contributed by atoms with Crippen LogP contribution in [0.4, 0.5) is 0 Å². The quantitative estimate of drug-likeness (QED) is 0.706. The lowest BCUT2D eigenvalue weighted by molar-refractivity contribution is -0.169. The number of hydrogen-bond donors (Lipinski definition) is 0. The van der Waals surface area contributed by atoms with Crippen LogP contribution in [-0.2, 0) is 9.53 Å². The summed E-state index contributed by atoms with van der Waals surface area (Å²) < 4.78 is 4.95. The molecule has 98 valence electrons. The van der Waals surface area contributed by atoms with Crippen molar-refractivity contribution in [1.29, 1.82) is 5.26 Å². The van der Waals surface area contributed by atoms with Gasteiger partial charge in [0.25, 0.3) is 0 Å². The minimum atomic E-state index is -0.693. The minimum absolute atomic E-state index is 0.0950. The molecule has 3 heteroatoms. The Labute approximate surface area is 105 Å². The average Bonchev–Trinajstić information content (AvgIpc) is 2.25. The number of nitriles is 1. The standard InChI is InChI=1S/C14H25NO2/c1-10(2)14(7,11(16)17-8)13(5,6)12(3,4)9-15/h10H,1-8H3. The first-order valence-electron chi connectivity index (χ1n) is 5.98. The predicted octanol–water partition coefficient (Wildman–Crippen LogP) is 3.40. The maximum absolute atomic E-state index is 12.2. The Morgan fingerprint density at radius 3 is 1.82 bits per heavy atom. The fourth-order valence-electron chi connectivity index (χ4n) is 2.21. The first-order chi connectivity index (χ1) is 7.49. The fraction of sp³-hybridized carbons (Fsp3) is 0.857. The molecule has 0 aliphatic heterocycles. The Kier molecular flexibility index (Phi) is 4.39. The largest absolute Gasteiger partial charge is 0.469 e. The number of ether oxygens (including phenoxy) is 1. The van der Waals surface area contributed by atoms with Crippen LogP contribution in [0, 0.1) is 33.5 Å². The van der Waals surface area contributed by atoms with Crippen LogP contribution in [0.15, 0.2) is 0 Å². The highest BCUT2D eigenvalue weighted by Gasteiger charge is 2.57. The van der Waals surface area contributed by atoms with Crippen molar-refractivity contribution < 1.29 is 9.53 Å². The van der Waals surface area contributed by atoms with Crippen LogP contribution in [0.3, 0.4) is 0 Å². The molecule has 0 N–H and O–H groups in total. The van der Waals surface area contributed by atoms with Gasteiger partial charge >= 0.3 is 5.97 Å². The van der Waals surface area contributed by atoms with Gasteiger partial charge in [0.1, 0.15) is 0 Å². The van der Waals surface area contributed by atoms with E-state index in [1.807, 2.05) is 48.5 Å². The van der Waals surface area contributed by atoms with Gasteiger partial charge < -0.3 is 4.74 Å². The maximum Gasteiger partial charge on any atom is 0.312 e. The first-order valence-corrected chi connectivity index (χ1v) is 5.98. The summed E-state index contributed by atoms with van der Waals surface area (Å²) >= 11 is 0. The van der Waals surface area contributed by atoms with Crippen molar-refractivity contribution in [3.05, 3.63) is 0 Å². The predicted molar refractivity (Wildman–Crippen MR) is 68.1 cm³/mol. The summed E-state index contributed by atoms with van der Waals surface area (Å²) in [4.78, 5) is 12.2. The Hall–Kier alpha value is -1.04. The summed E-state index contributed by atoms with van der Waals surface area (Å²) in [5.74, 6) is -0.154. The summed E-state index contributed by atoms with van der Waals surface area (Å²) in [5.41, 5.74) is -1.79. The van der Waals surface area contributed by atoms with Crippen molar-refractivity contribution >= 4 is 5.97 Å². The Balaban J connectivity index is 5.83. The molecule has 0 aliphatic carbocycles. The highest BCUT2D eigenvalue weighted by molar-refractivity contribution is 5.78. The van der Waals surface area contributed by atoms with Gasteiger partial charge in [-0.05, 0) is 32.1 Å². The normalized spacial score (nSPS) is 16.2. The van der Waals surface area contributed by atoms with E-state index < -0.39 is 16.2 Å². The molecule has 0 aliphatic rings. The second kappa shape index (κ2) is 4.68. The summed E-state index contributed by atoms with van der Waals surface area (Å²) in [6.45, 7) is 13.5. The van der Waals surface area contributed by atoms with Crippen molar-refractivity contribution in [3.8, 4) is 6.07 Å². The van der Waals surface area contributed by atoms with Crippen molar-refractivity contribution in [1.82, 2.24) is 0 Å². The van der Waals surface area contributed by atoms with Crippen LogP contribution < -0.4 is 0 Å². The Morgan fingerprint density at radius 2 is 1.59 bits per heavy atom. The van der Waals surface area contributed by atoms with Gasteiger partial charge in [-0.3, -0.25) is 4.79 Å². The number of hydrogen-bond acceptors (Lipinski definition) is 3. The molecule has 0 aromatic carbocycles. The van der Waals surface area contributed by atoms with Crippen LogP contribution >= 0.6 is 0 Å².